The number of hydrogen-bond acceptors (Lipinski definition) is 4. The maximum Gasteiger partial charge on any atom is 0.240 e. The molecule has 3 rings (SSSR count). The van der Waals surface area contributed by atoms with Crippen molar-refractivity contribution >= 4 is 17.3 Å². The lowest BCUT2D eigenvalue weighted by Crippen LogP contribution is -2.51. The van der Waals surface area contributed by atoms with Gasteiger partial charge in [0.25, 0.3) is 0 Å². The Balaban J connectivity index is 1.73. The molecule has 1 heterocycles. The molecule has 0 unspecified atom stereocenters. The number of carbonyl (C=O) groups is 1. The molecule has 6 heteroatoms. The minimum absolute atomic E-state index is 0.166. The van der Waals surface area contributed by atoms with Crippen molar-refractivity contribution in [2.24, 2.45) is 5.92 Å². The predicted octanol–water partition coefficient (Wildman–Crippen LogP) is 1.89. The van der Waals surface area contributed by atoms with E-state index in [9.17, 15) is 14.4 Å². The fourth-order valence-electron chi connectivity index (χ4n) is 3.13. The van der Waals surface area contributed by atoms with Crippen LogP contribution in [0.2, 0.25) is 0 Å². The van der Waals surface area contributed by atoms with E-state index in [1.807, 2.05) is 16.8 Å². The maximum absolute atomic E-state index is 13.5. The highest BCUT2D eigenvalue weighted by atomic mass is 19.1. The molecule has 1 aromatic rings. The first kappa shape index (κ1) is 15.6. The van der Waals surface area contributed by atoms with Crippen LogP contribution >= 0.6 is 0 Å². The fourth-order valence-corrected chi connectivity index (χ4v) is 3.13. The van der Waals surface area contributed by atoms with Gasteiger partial charge in [0, 0.05) is 20.1 Å². The molecule has 0 radical (unpaired) electrons. The van der Waals surface area contributed by atoms with Crippen molar-refractivity contribution in [3.8, 4) is 6.07 Å². The number of carbonyl (C=O) groups excluding carboxylic acids is 1. The summed E-state index contributed by atoms with van der Waals surface area (Å²) in [6.07, 6.45) is 1.97. The number of nitrogens with zero attached hydrogens (tertiary/aromatic N) is 3. The third kappa shape index (κ3) is 3.09. The number of fused-ring (bicyclic) bond motifs is 1. The molecule has 0 saturated heterocycles. The zero-order valence-corrected chi connectivity index (χ0v) is 13.5. The van der Waals surface area contributed by atoms with Gasteiger partial charge < -0.3 is 15.1 Å². The summed E-state index contributed by atoms with van der Waals surface area (Å²) in [7, 11) is 1.91. The van der Waals surface area contributed by atoms with E-state index in [1.54, 1.807) is 13.0 Å². The van der Waals surface area contributed by atoms with E-state index in [1.165, 1.54) is 12.1 Å². The summed E-state index contributed by atoms with van der Waals surface area (Å²) in [5.74, 6) is -0.196. The lowest BCUT2D eigenvalue weighted by atomic mass is 9.98. The largest absolute Gasteiger partial charge is 0.371 e. The van der Waals surface area contributed by atoms with E-state index < -0.39 is 5.54 Å². The van der Waals surface area contributed by atoms with E-state index in [2.05, 4.69) is 11.4 Å². The van der Waals surface area contributed by atoms with Crippen LogP contribution in [-0.2, 0) is 4.79 Å². The first-order chi connectivity index (χ1) is 10.9. The van der Waals surface area contributed by atoms with E-state index in [0.29, 0.717) is 6.54 Å². The second kappa shape index (κ2) is 5.73. The van der Waals surface area contributed by atoms with Crippen molar-refractivity contribution in [1.29, 1.82) is 5.26 Å². The molecule has 1 saturated carbocycles. The highest BCUT2D eigenvalue weighted by Gasteiger charge is 2.43. The number of anilines is 2. The van der Waals surface area contributed by atoms with Gasteiger partial charge in [-0.25, -0.2) is 4.39 Å². The Morgan fingerprint density at radius 2 is 2.17 bits per heavy atom. The van der Waals surface area contributed by atoms with Gasteiger partial charge in [-0.3, -0.25) is 4.79 Å². The first-order valence-electron chi connectivity index (χ1n) is 7.91. The molecule has 1 N–H and O–H groups in total. The third-order valence-electron chi connectivity index (χ3n) is 4.75. The molecular formula is C17H21FN4O. The Kier molecular flexibility index (Phi) is 3.88. The Bertz CT molecular complexity index is 667. The molecule has 0 spiro atoms. The summed E-state index contributed by atoms with van der Waals surface area (Å²) < 4.78 is 13.5. The molecule has 5 nitrogen and oxygen atoms in total. The van der Waals surface area contributed by atoms with Crippen LogP contribution in [0, 0.1) is 23.1 Å². The summed E-state index contributed by atoms with van der Waals surface area (Å²) >= 11 is 0. The molecule has 0 bridgehead atoms. The van der Waals surface area contributed by atoms with Gasteiger partial charge in [-0.2, -0.15) is 5.26 Å². The second-order valence-electron chi connectivity index (χ2n) is 6.61. The van der Waals surface area contributed by atoms with Gasteiger partial charge in [-0.1, -0.05) is 0 Å². The first-order valence-corrected chi connectivity index (χ1v) is 7.91. The Morgan fingerprint density at radius 3 is 2.83 bits per heavy atom. The molecule has 1 atom stereocenters. The number of hydrogen-bond donors (Lipinski definition) is 1. The van der Waals surface area contributed by atoms with Gasteiger partial charge >= 0.3 is 0 Å². The van der Waals surface area contributed by atoms with E-state index >= 15 is 0 Å². The van der Waals surface area contributed by atoms with Crippen molar-refractivity contribution < 1.29 is 9.18 Å². The van der Waals surface area contributed by atoms with Crippen molar-refractivity contribution in [3.63, 3.8) is 0 Å². The number of amides is 1. The Morgan fingerprint density at radius 1 is 1.43 bits per heavy atom. The van der Waals surface area contributed by atoms with Gasteiger partial charge in [0.1, 0.15) is 11.4 Å². The van der Waals surface area contributed by atoms with Crippen LogP contribution in [0.5, 0.6) is 0 Å². The van der Waals surface area contributed by atoms with E-state index in [-0.39, 0.29) is 24.2 Å². The predicted molar refractivity (Wildman–Crippen MR) is 86.8 cm³/mol. The number of nitriles is 1. The molecule has 23 heavy (non-hydrogen) atoms. The van der Waals surface area contributed by atoms with Gasteiger partial charge in [-0.15, -0.1) is 0 Å². The quantitative estimate of drug-likeness (QED) is 0.921. The van der Waals surface area contributed by atoms with Crippen molar-refractivity contribution in [2.45, 2.75) is 25.3 Å². The minimum atomic E-state index is -0.782. The van der Waals surface area contributed by atoms with E-state index in [4.69, 9.17) is 0 Å². The smallest absolute Gasteiger partial charge is 0.240 e. The number of rotatable bonds is 4. The summed E-state index contributed by atoms with van der Waals surface area (Å²) in [6, 6.07) is 6.84. The summed E-state index contributed by atoms with van der Waals surface area (Å²) in [6.45, 7) is 3.38. The van der Waals surface area contributed by atoms with Gasteiger partial charge in [0.05, 0.1) is 24.0 Å². The summed E-state index contributed by atoms with van der Waals surface area (Å²) in [5.41, 5.74) is 0.852. The minimum Gasteiger partial charge on any atom is -0.371 e. The Labute approximate surface area is 135 Å². The van der Waals surface area contributed by atoms with Crippen LogP contribution < -0.4 is 15.1 Å². The van der Waals surface area contributed by atoms with Crippen LogP contribution in [0.25, 0.3) is 0 Å². The van der Waals surface area contributed by atoms with Crippen LogP contribution in [0.4, 0.5) is 15.8 Å². The molecular weight excluding hydrogens is 295 g/mol. The van der Waals surface area contributed by atoms with Crippen LogP contribution in [-0.4, -0.2) is 38.1 Å². The van der Waals surface area contributed by atoms with Crippen LogP contribution in [0.3, 0.4) is 0 Å². The van der Waals surface area contributed by atoms with Crippen molar-refractivity contribution in [3.05, 3.63) is 24.0 Å². The van der Waals surface area contributed by atoms with Gasteiger partial charge in [-0.05, 0) is 43.9 Å². The van der Waals surface area contributed by atoms with E-state index in [0.717, 1.165) is 30.8 Å². The summed E-state index contributed by atoms with van der Waals surface area (Å²) in [5, 5.41) is 12.2. The molecule has 1 amide bonds. The van der Waals surface area contributed by atoms with Crippen molar-refractivity contribution in [1.82, 2.24) is 5.32 Å². The number of likely N-dealkylation sites (N-methyl/N-ethyl adjacent to an activating group) is 1. The Hall–Kier alpha value is -2.29. The highest BCUT2D eigenvalue weighted by Crippen LogP contribution is 2.39. The van der Waals surface area contributed by atoms with Crippen molar-refractivity contribution in [2.75, 3.05) is 36.5 Å². The number of benzene rings is 1. The van der Waals surface area contributed by atoms with Crippen LogP contribution in [0.15, 0.2) is 18.2 Å². The fraction of sp³-hybridized carbons (Fsp3) is 0.529. The van der Waals surface area contributed by atoms with Crippen LogP contribution in [0.1, 0.15) is 19.8 Å². The zero-order chi connectivity index (χ0) is 16.6. The maximum atomic E-state index is 13.5. The average Bonchev–Trinajstić information content (AvgIpc) is 3.35. The topological polar surface area (TPSA) is 59.4 Å². The standard InChI is InChI=1S/C17H21FN4O/c1-17(11-19,12-3-4-12)20-16(23)10-22-8-7-21(2)15-9-13(18)5-6-14(15)22/h5-6,9,12H,3-4,7-8,10H2,1-2H3,(H,20,23)/t17-/m1/s1. The lowest BCUT2D eigenvalue weighted by Gasteiger charge is -2.37. The lowest BCUT2D eigenvalue weighted by molar-refractivity contribution is -0.121. The van der Waals surface area contributed by atoms with Gasteiger partial charge in [0.2, 0.25) is 5.91 Å². The molecule has 1 aliphatic carbocycles. The molecule has 1 aliphatic heterocycles. The molecule has 122 valence electrons. The molecule has 1 aromatic carbocycles. The second-order valence-corrected chi connectivity index (χ2v) is 6.61. The molecule has 2 aliphatic rings. The average molecular weight is 316 g/mol. The molecule has 1 fully saturated rings. The normalized spacial score (nSPS) is 19.6. The zero-order valence-electron chi connectivity index (χ0n) is 13.5. The van der Waals surface area contributed by atoms with Gasteiger partial charge in [0.15, 0.2) is 0 Å². The monoisotopic (exact) mass is 316 g/mol. The highest BCUT2D eigenvalue weighted by molar-refractivity contribution is 5.85. The number of nitrogens with one attached hydrogen (secondary N) is 1. The SMILES string of the molecule is CN1CCN(CC(=O)N[C@](C)(C#N)C2CC2)c2ccc(F)cc21. The third-order valence-corrected chi connectivity index (χ3v) is 4.75. The molecule has 0 aromatic heterocycles. The summed E-state index contributed by atoms with van der Waals surface area (Å²) in [4.78, 5) is 16.3. The number of halogens is 1.